The van der Waals surface area contributed by atoms with E-state index >= 15 is 0 Å². The molecule has 11 heteroatoms. The van der Waals surface area contributed by atoms with Crippen molar-refractivity contribution in [1.29, 1.82) is 0 Å². The Morgan fingerprint density at radius 1 is 0.833 bits per heavy atom. The van der Waals surface area contributed by atoms with Gasteiger partial charge in [0.05, 0.1) is 5.92 Å². The number of aryl methyl sites for hydroxylation is 1. The van der Waals surface area contributed by atoms with Crippen LogP contribution in [0.4, 0.5) is 25.0 Å². The zero-order valence-electron chi connectivity index (χ0n) is 26.7. The zero-order chi connectivity index (χ0) is 33.3. The van der Waals surface area contributed by atoms with Crippen LogP contribution in [0.1, 0.15) is 76.0 Å². The van der Waals surface area contributed by atoms with E-state index in [-0.39, 0.29) is 24.3 Å². The van der Waals surface area contributed by atoms with Crippen LogP contribution in [0.3, 0.4) is 0 Å². The van der Waals surface area contributed by atoms with Gasteiger partial charge in [-0.1, -0.05) is 60.7 Å². The number of aromatic nitrogens is 2. The minimum Gasteiger partial charge on any atom is -0.420 e. The molecular formula is C37H38F3N5O3. The lowest BCUT2D eigenvalue weighted by Gasteiger charge is -2.38. The number of Topliss-reactive ketones (excluding diaryl/α,β-unsaturated/α-hetero) is 1. The van der Waals surface area contributed by atoms with Gasteiger partial charge in [-0.2, -0.15) is 18.2 Å². The summed E-state index contributed by atoms with van der Waals surface area (Å²) in [5.41, 5.74) is 2.80. The Labute approximate surface area is 277 Å². The number of piperidine rings is 1. The summed E-state index contributed by atoms with van der Waals surface area (Å²) >= 11 is 0. The van der Waals surface area contributed by atoms with Crippen molar-refractivity contribution in [2.45, 2.75) is 56.5 Å². The number of pyridine rings is 1. The van der Waals surface area contributed by atoms with Crippen LogP contribution < -0.4 is 9.80 Å². The molecule has 1 atom stereocenters. The molecule has 2 fully saturated rings. The first-order valence-electron chi connectivity index (χ1n) is 16.7. The van der Waals surface area contributed by atoms with Gasteiger partial charge in [0.25, 0.3) is 6.01 Å². The van der Waals surface area contributed by atoms with Crippen LogP contribution in [-0.4, -0.2) is 65.8 Å². The second kappa shape index (κ2) is 13.4. The highest BCUT2D eigenvalue weighted by atomic mass is 19.4. The fourth-order valence-electron chi connectivity index (χ4n) is 7.32. The van der Waals surface area contributed by atoms with Gasteiger partial charge in [0.1, 0.15) is 5.82 Å². The summed E-state index contributed by atoms with van der Waals surface area (Å²) < 4.78 is 47.5. The van der Waals surface area contributed by atoms with Crippen LogP contribution in [0.2, 0.25) is 0 Å². The third-order valence-electron chi connectivity index (χ3n) is 9.93. The fourth-order valence-corrected chi connectivity index (χ4v) is 7.32. The number of benzene rings is 2. The molecule has 0 spiro atoms. The van der Waals surface area contributed by atoms with E-state index in [2.05, 4.69) is 39.1 Å². The molecule has 8 nitrogen and oxygen atoms in total. The molecule has 1 amide bonds. The predicted molar refractivity (Wildman–Crippen MR) is 175 cm³/mol. The van der Waals surface area contributed by atoms with E-state index < -0.39 is 23.4 Å². The summed E-state index contributed by atoms with van der Waals surface area (Å²) in [4.78, 5) is 40.6. The Balaban J connectivity index is 0.963. The van der Waals surface area contributed by atoms with E-state index in [9.17, 15) is 22.8 Å². The first kappa shape index (κ1) is 31.9. The molecule has 4 aromatic rings. The Bertz CT molecular complexity index is 1740. The highest BCUT2D eigenvalue weighted by Crippen LogP contribution is 2.37. The van der Waals surface area contributed by atoms with E-state index in [1.165, 1.54) is 17.3 Å². The van der Waals surface area contributed by atoms with Gasteiger partial charge in [-0.3, -0.25) is 9.59 Å². The molecule has 0 radical (unpaired) electrons. The average Bonchev–Trinajstić information content (AvgIpc) is 3.59. The number of ketones is 1. The van der Waals surface area contributed by atoms with E-state index in [0.29, 0.717) is 56.6 Å². The van der Waals surface area contributed by atoms with Gasteiger partial charge >= 0.3 is 6.18 Å². The number of anilines is 2. The molecule has 250 valence electrons. The number of carbonyl (C=O) groups is 2. The highest BCUT2D eigenvalue weighted by molar-refractivity contribution is 5.96. The number of nitrogens with zero attached hydrogens (tertiary/aromatic N) is 5. The summed E-state index contributed by atoms with van der Waals surface area (Å²) in [6, 6.07) is 21.6. The van der Waals surface area contributed by atoms with Crippen molar-refractivity contribution in [2.24, 2.45) is 0 Å². The standard InChI is InChI=1S/C37H38F3N5O3/c38-37(39,40)34-33(48-36(42-34)45-17-15-27(16-18-45)26-7-2-1-3-8-26)31(46)23-25-13-14-32(41-24-25)43-19-21-44(22-20-43)35(47)30-12-6-10-28-9-4-5-11-29(28)30/h1-5,7-9,11,13-14,24,27,30H,6,10,12,15-23H2. The van der Waals surface area contributed by atoms with Gasteiger partial charge in [-0.05, 0) is 66.3 Å². The van der Waals surface area contributed by atoms with Gasteiger partial charge in [-0.15, -0.1) is 0 Å². The lowest BCUT2D eigenvalue weighted by Crippen LogP contribution is -2.50. The Morgan fingerprint density at radius 3 is 2.27 bits per heavy atom. The minimum atomic E-state index is -4.83. The van der Waals surface area contributed by atoms with Crippen LogP contribution >= 0.6 is 0 Å². The van der Waals surface area contributed by atoms with Gasteiger partial charge in [0.15, 0.2) is 5.69 Å². The van der Waals surface area contributed by atoms with Crippen molar-refractivity contribution >= 4 is 23.5 Å². The maximum Gasteiger partial charge on any atom is 0.437 e. The average molecular weight is 658 g/mol. The Hall–Kier alpha value is -4.67. The maximum absolute atomic E-state index is 14.0. The van der Waals surface area contributed by atoms with Crippen molar-refractivity contribution in [3.63, 3.8) is 0 Å². The molecule has 7 rings (SSSR count). The number of piperazine rings is 1. The molecule has 1 unspecified atom stereocenters. The molecule has 0 saturated carbocycles. The third kappa shape index (κ3) is 6.68. The van der Waals surface area contributed by atoms with Crippen LogP contribution in [0.15, 0.2) is 77.3 Å². The number of oxazole rings is 1. The number of hydrogen-bond acceptors (Lipinski definition) is 7. The number of hydrogen-bond donors (Lipinski definition) is 0. The molecule has 4 heterocycles. The SMILES string of the molecule is O=C(Cc1ccc(N2CCN(C(=O)C3CCCc4ccccc43)CC2)nc1)c1oc(N2CCC(c3ccccc3)CC2)nc1C(F)(F)F. The van der Waals surface area contributed by atoms with E-state index in [1.54, 1.807) is 17.0 Å². The number of fused-ring (bicyclic) bond motifs is 1. The lowest BCUT2D eigenvalue weighted by molar-refractivity contribution is -0.141. The van der Waals surface area contributed by atoms with Crippen LogP contribution in [0, 0.1) is 0 Å². The summed E-state index contributed by atoms with van der Waals surface area (Å²) in [6.07, 6.45) is 0.764. The number of amides is 1. The quantitative estimate of drug-likeness (QED) is 0.206. The molecule has 0 N–H and O–H groups in total. The van der Waals surface area contributed by atoms with Gasteiger partial charge in [-0.25, -0.2) is 4.98 Å². The van der Waals surface area contributed by atoms with Crippen LogP contribution in [0.5, 0.6) is 0 Å². The minimum absolute atomic E-state index is 0.0957. The summed E-state index contributed by atoms with van der Waals surface area (Å²) in [5, 5.41) is 0. The second-order valence-electron chi connectivity index (χ2n) is 12.9. The van der Waals surface area contributed by atoms with Crippen molar-refractivity contribution in [3.8, 4) is 0 Å². The fraction of sp³-hybridized carbons (Fsp3) is 0.405. The Kier molecular flexibility index (Phi) is 8.94. The molecule has 0 bridgehead atoms. The summed E-state index contributed by atoms with van der Waals surface area (Å²) in [6.45, 7) is 3.35. The summed E-state index contributed by atoms with van der Waals surface area (Å²) in [7, 11) is 0. The molecule has 2 aromatic carbocycles. The van der Waals surface area contributed by atoms with Crippen molar-refractivity contribution in [1.82, 2.24) is 14.9 Å². The van der Waals surface area contributed by atoms with Gasteiger partial charge in [0, 0.05) is 51.9 Å². The van der Waals surface area contributed by atoms with E-state index in [1.807, 2.05) is 35.2 Å². The first-order valence-corrected chi connectivity index (χ1v) is 16.7. The van der Waals surface area contributed by atoms with Crippen LogP contribution in [0.25, 0.3) is 0 Å². The topological polar surface area (TPSA) is 82.8 Å². The smallest absolute Gasteiger partial charge is 0.420 e. The highest BCUT2D eigenvalue weighted by Gasteiger charge is 2.42. The van der Waals surface area contributed by atoms with Gasteiger partial charge < -0.3 is 19.1 Å². The molecule has 1 aliphatic carbocycles. The number of halogens is 3. The van der Waals surface area contributed by atoms with Crippen LogP contribution in [-0.2, 0) is 23.8 Å². The predicted octanol–water partition coefficient (Wildman–Crippen LogP) is 6.67. The molecule has 2 saturated heterocycles. The number of alkyl halides is 3. The zero-order valence-corrected chi connectivity index (χ0v) is 26.7. The molecule has 2 aromatic heterocycles. The largest absolute Gasteiger partial charge is 0.437 e. The Morgan fingerprint density at radius 2 is 1.56 bits per heavy atom. The first-order chi connectivity index (χ1) is 23.2. The number of rotatable bonds is 7. The maximum atomic E-state index is 14.0. The molecule has 48 heavy (non-hydrogen) atoms. The van der Waals surface area contributed by atoms with Crippen molar-refractivity contribution < 1.29 is 27.2 Å². The second-order valence-corrected chi connectivity index (χ2v) is 12.9. The van der Waals surface area contributed by atoms with E-state index in [0.717, 1.165) is 37.7 Å². The molecule has 3 aliphatic rings. The number of carbonyl (C=O) groups excluding carboxylic acids is 2. The van der Waals surface area contributed by atoms with Crippen molar-refractivity contribution in [2.75, 3.05) is 49.1 Å². The van der Waals surface area contributed by atoms with Gasteiger partial charge in [0.2, 0.25) is 17.5 Å². The summed E-state index contributed by atoms with van der Waals surface area (Å²) in [5.74, 6) is -0.490. The molecule has 2 aliphatic heterocycles. The van der Waals surface area contributed by atoms with E-state index in [4.69, 9.17) is 4.42 Å². The lowest BCUT2D eigenvalue weighted by atomic mass is 9.82. The monoisotopic (exact) mass is 657 g/mol. The third-order valence-corrected chi connectivity index (χ3v) is 9.93. The molecular weight excluding hydrogens is 619 g/mol. The normalized spacial score (nSPS) is 18.9. The van der Waals surface area contributed by atoms with Crippen molar-refractivity contribution in [3.05, 3.63) is 107 Å².